The molecule has 0 saturated heterocycles. The molecule has 0 unspecified atom stereocenters. The van der Waals surface area contributed by atoms with Crippen LogP contribution in [0.15, 0.2) is 68.9 Å². The van der Waals surface area contributed by atoms with Gasteiger partial charge in [-0.05, 0) is 131 Å². The summed E-state index contributed by atoms with van der Waals surface area (Å²) in [6.07, 6.45) is 4.80. The molecule has 31 heteroatoms. The third kappa shape index (κ3) is 23.8. The number of amides is 2. The number of alkyl halides is 1. The van der Waals surface area contributed by atoms with Gasteiger partial charge < -0.3 is 21.0 Å². The fourth-order valence-electron chi connectivity index (χ4n) is 5.40. The van der Waals surface area contributed by atoms with Crippen molar-refractivity contribution in [1.82, 2.24) is 46.5 Å². The third-order valence-corrected chi connectivity index (χ3v) is 9.56. The molecule has 0 radical (unpaired) electrons. The van der Waals surface area contributed by atoms with Gasteiger partial charge in [-0.1, -0.05) is 28.3 Å². The van der Waals surface area contributed by atoms with E-state index in [-0.39, 0.29) is 168 Å². The molecule has 24 nitrogen and oxygen atoms in total. The molecule has 0 bridgehead atoms. The summed E-state index contributed by atoms with van der Waals surface area (Å²) in [6, 6.07) is 8.19. The molecule has 0 aliphatic carbocycles. The second-order valence-electron chi connectivity index (χ2n) is 13.0. The number of carbonyl (C=O) groups is 3. The predicted octanol–water partition coefficient (Wildman–Crippen LogP) is 0.599. The number of nitrogens with one attached hydrogen (secondary N) is 5. The number of alkyl carbamates (subject to hydrolysis) is 2. The summed E-state index contributed by atoms with van der Waals surface area (Å²) >= 11 is 6.17. The standard InChI is InChI=1S/C19H20BrFN6O5.C18H22BrFN6O4.CH3F.CH2O3.2K.H/c1-2-30-18(28)23-15(22)7-5-3-4-6-14-16(25-32-24-14)17-26-31-19(29)27(17)11-8-9-13(21)12(20)10-11;1-2-29-18(27)23-15(21)7-5-3-4-6-14-16(26-30-25-14)17(24-28)22-11-8-9-13(20)12(19)10-11;1-2;2-1-4-3;;;/h8-10H,2-7H2,1H3,(H2,22,23,28);8-10,28H,2-7H2,1H3,(H,22,24)(H2,21,23,27);1H3;1,3H;;;/q;;;;2*+1;-1/p-1/i;;1D;;;;. The molecule has 0 fully saturated rings. The van der Waals surface area contributed by atoms with Crippen molar-refractivity contribution in [2.45, 2.75) is 78.1 Å². The summed E-state index contributed by atoms with van der Waals surface area (Å²) in [6.45, 7) is 3.69. The van der Waals surface area contributed by atoms with Crippen molar-refractivity contribution in [3.8, 4) is 17.2 Å². The average Bonchev–Trinajstić information content (AvgIpc) is 4.08. The smallest absolute Gasteiger partial charge is 1.00 e. The fourth-order valence-corrected chi connectivity index (χ4v) is 6.14. The molecule has 0 spiro atoms. The Hall–Kier alpha value is -3.58. The van der Waals surface area contributed by atoms with Crippen LogP contribution in [0, 0.1) is 22.5 Å². The maximum Gasteiger partial charge on any atom is 1.00 e. The zero-order chi connectivity index (χ0) is 51.1. The van der Waals surface area contributed by atoms with Crippen LogP contribution in [0.2, 0.25) is 0 Å². The van der Waals surface area contributed by atoms with Crippen LogP contribution in [0.25, 0.3) is 17.2 Å². The van der Waals surface area contributed by atoms with Crippen molar-refractivity contribution in [2.24, 2.45) is 4.99 Å². The number of hydroxylamine groups is 1. The minimum Gasteiger partial charge on any atom is -1.00 e. The van der Waals surface area contributed by atoms with Crippen LogP contribution in [0.1, 0.15) is 85.1 Å². The number of unbranched alkanes of at least 4 members (excludes halogenated alkanes) is 4. The zero-order valence-corrected chi connectivity index (χ0v) is 47.6. The number of aryl methyl sites for hydroxylation is 2. The van der Waals surface area contributed by atoms with E-state index in [1.165, 1.54) is 36.4 Å². The molecule has 0 aliphatic heterocycles. The van der Waals surface area contributed by atoms with Gasteiger partial charge in [0, 0.05) is 12.8 Å². The number of halogens is 5. The number of hydrogen-bond acceptors (Lipinski definition) is 20. The number of aromatic nitrogens is 6. The number of hydrogen-bond donors (Lipinski definition) is 6. The van der Waals surface area contributed by atoms with Gasteiger partial charge in [-0.25, -0.2) is 42.0 Å². The maximum atomic E-state index is 13.6. The summed E-state index contributed by atoms with van der Waals surface area (Å²) in [4.78, 5) is 50.2. The first-order chi connectivity index (χ1) is 33.2. The summed E-state index contributed by atoms with van der Waals surface area (Å²) in [5.74, 6) is -1.38. The second kappa shape index (κ2) is 38.1. The minimum absolute atomic E-state index is 0. The van der Waals surface area contributed by atoms with E-state index in [0.717, 1.165) is 17.4 Å². The maximum absolute atomic E-state index is 13.6. The second-order valence-corrected chi connectivity index (χ2v) is 14.7. The molecule has 372 valence electrons. The molecule has 0 saturated carbocycles. The van der Waals surface area contributed by atoms with Gasteiger partial charge in [-0.2, -0.15) is 0 Å². The Kier molecular flexibility index (Phi) is 35.1. The minimum atomic E-state index is -1.00. The number of amidine groups is 3. The van der Waals surface area contributed by atoms with E-state index in [1.807, 2.05) is 5.48 Å². The van der Waals surface area contributed by atoms with Crippen LogP contribution in [-0.2, 0) is 32.0 Å². The Morgan fingerprint density at radius 1 is 0.871 bits per heavy atom. The van der Waals surface area contributed by atoms with Crippen LogP contribution in [-0.4, -0.2) is 92.1 Å². The molecular formula is C39H47Br2F3K2N12O12. The van der Waals surface area contributed by atoms with Crippen LogP contribution >= 0.6 is 31.9 Å². The van der Waals surface area contributed by atoms with Crippen LogP contribution in [0.3, 0.4) is 0 Å². The number of nitrogens with zero attached hydrogens (tertiary/aromatic N) is 7. The quantitative estimate of drug-likeness (QED) is 0.0125. The fraction of sp³-hybridized carbons (Fsp3) is 0.385. The van der Waals surface area contributed by atoms with E-state index < -0.39 is 36.7 Å². The van der Waals surface area contributed by atoms with Crippen molar-refractivity contribution in [3.05, 3.63) is 84.6 Å². The summed E-state index contributed by atoms with van der Waals surface area (Å²) in [5, 5.41) is 57.2. The van der Waals surface area contributed by atoms with Crippen LogP contribution in [0.4, 0.5) is 28.4 Å². The van der Waals surface area contributed by atoms with Gasteiger partial charge in [0.15, 0.2) is 17.2 Å². The Balaban J connectivity index is 0. The normalized spacial score (nSPS) is 10.4. The van der Waals surface area contributed by atoms with Crippen molar-refractivity contribution >= 4 is 73.7 Å². The number of benzene rings is 2. The Morgan fingerprint density at radius 3 is 1.90 bits per heavy atom. The molecular weight excluding hydrogens is 1120 g/mol. The van der Waals surface area contributed by atoms with Gasteiger partial charge in [-0.15, -0.1) is 0 Å². The summed E-state index contributed by atoms with van der Waals surface area (Å²) in [7, 11) is -1.00. The molecule has 70 heavy (non-hydrogen) atoms. The van der Waals surface area contributed by atoms with E-state index in [0.29, 0.717) is 74.1 Å². The van der Waals surface area contributed by atoms with Gasteiger partial charge in [0.25, 0.3) is 6.47 Å². The van der Waals surface area contributed by atoms with Crippen LogP contribution < -0.4 is 130 Å². The van der Waals surface area contributed by atoms with Crippen molar-refractivity contribution < 1.29 is 172 Å². The Bertz CT molecular complexity index is 2510. The topological polar surface area (TPSA) is 344 Å². The first-order valence-electron chi connectivity index (χ1n) is 20.6. The van der Waals surface area contributed by atoms with Gasteiger partial charge in [0.1, 0.15) is 34.7 Å². The molecule has 2 aromatic carbocycles. The number of aliphatic imine (C=N–C) groups is 1. The Labute approximate surface area is 501 Å². The molecule has 0 atom stereocenters. The van der Waals surface area contributed by atoms with Gasteiger partial charge >= 0.3 is 121 Å². The zero-order valence-electron chi connectivity index (χ0n) is 40.2. The summed E-state index contributed by atoms with van der Waals surface area (Å²) in [5.41, 5.74) is 4.16. The van der Waals surface area contributed by atoms with E-state index in [4.69, 9.17) is 45.5 Å². The van der Waals surface area contributed by atoms with Gasteiger partial charge in [0.05, 0.1) is 42.1 Å². The largest absolute Gasteiger partial charge is 1.00 e. The molecule has 3 heterocycles. The number of rotatable bonds is 19. The molecule has 5 rings (SSSR count). The van der Waals surface area contributed by atoms with Crippen LogP contribution in [0.5, 0.6) is 0 Å². The molecule has 5 aromatic rings. The first kappa shape index (κ1) is 64.4. The first-order valence-corrected chi connectivity index (χ1v) is 21.5. The van der Waals surface area contributed by atoms with E-state index in [9.17, 15) is 32.8 Å². The number of ether oxygens (including phenoxy) is 2. The summed E-state index contributed by atoms with van der Waals surface area (Å²) < 4.78 is 67.9. The number of carbonyl (C=O) groups excluding carboxylic acids is 3. The monoisotopic (exact) mass is 1170 g/mol. The predicted molar refractivity (Wildman–Crippen MR) is 238 cm³/mol. The van der Waals surface area contributed by atoms with Crippen molar-refractivity contribution in [2.75, 3.05) is 20.4 Å². The van der Waals surface area contributed by atoms with E-state index in [2.05, 4.69) is 78.2 Å². The molecule has 2 amide bonds. The van der Waals surface area contributed by atoms with Crippen molar-refractivity contribution in [1.29, 1.82) is 10.8 Å². The molecule has 3 aromatic heterocycles. The average molecular weight is 1170 g/mol. The van der Waals surface area contributed by atoms with Crippen molar-refractivity contribution in [3.63, 3.8) is 0 Å². The van der Waals surface area contributed by atoms with Gasteiger partial charge in [0.2, 0.25) is 5.82 Å². The Morgan fingerprint density at radius 2 is 1.39 bits per heavy atom. The molecule has 0 aliphatic rings. The van der Waals surface area contributed by atoms with E-state index >= 15 is 0 Å². The third-order valence-electron chi connectivity index (χ3n) is 8.34. The molecule has 6 N–H and O–H groups in total. The SMILES string of the molecule is CCOC(=O)NC(=N)CCCCCc1nonc1-c1noc(=O)n1-c1ccc(F)c(Br)c1.CCOC(=O)NC(=N)CCCCCc1nonc1C(=Nc1ccc(F)c(Br)c1)NO.O=CO[O-].[2H]CF.[H-].[K+].[K+]. The van der Waals surface area contributed by atoms with E-state index in [1.54, 1.807) is 13.8 Å². The van der Waals surface area contributed by atoms with Gasteiger partial charge in [-0.3, -0.25) is 45.8 Å².